The summed E-state index contributed by atoms with van der Waals surface area (Å²) in [6.45, 7) is 0. The van der Waals surface area contributed by atoms with Crippen LogP contribution in [0.3, 0.4) is 0 Å². The molecular formula is C14H9Br. The van der Waals surface area contributed by atoms with E-state index < -0.39 is 0 Å². The fourth-order valence-corrected chi connectivity index (χ4v) is 2.18. The van der Waals surface area contributed by atoms with E-state index in [0.29, 0.717) is 6.04 Å². The molecule has 3 rings (SSSR count). The van der Waals surface area contributed by atoms with Crippen LogP contribution >= 0.6 is 15.9 Å². The molecule has 0 saturated heterocycles. The van der Waals surface area contributed by atoms with Gasteiger partial charge in [0.05, 0.1) is 1.37 Å². The van der Waals surface area contributed by atoms with Crippen molar-refractivity contribution in [3.05, 3.63) is 59.0 Å². The highest BCUT2D eigenvalue weighted by molar-refractivity contribution is 9.10. The first-order chi connectivity index (χ1) is 7.75. The molecule has 0 aliphatic rings. The van der Waals surface area contributed by atoms with Crippen LogP contribution in [0.1, 0.15) is 1.37 Å². The predicted molar refractivity (Wildman–Crippen MR) is 69.2 cm³/mol. The van der Waals surface area contributed by atoms with Gasteiger partial charge in [0.15, 0.2) is 0 Å². The average molecular weight is 258 g/mol. The first kappa shape index (κ1) is 7.89. The summed E-state index contributed by atoms with van der Waals surface area (Å²) in [5, 5.41) is 4.51. The van der Waals surface area contributed by atoms with E-state index in [9.17, 15) is 0 Å². The zero-order chi connectivity index (χ0) is 11.1. The zero-order valence-electron chi connectivity index (χ0n) is 9.00. The van der Waals surface area contributed by atoms with Gasteiger partial charge in [-0.3, -0.25) is 0 Å². The van der Waals surface area contributed by atoms with Crippen LogP contribution in [0.5, 0.6) is 0 Å². The molecule has 0 aliphatic carbocycles. The van der Waals surface area contributed by atoms with Gasteiger partial charge in [-0.1, -0.05) is 46.3 Å². The molecule has 1 heteroatoms. The first-order valence-corrected chi connectivity index (χ1v) is 5.62. The Balaban J connectivity index is 2.51. The smallest absolute Gasteiger partial charge is 0.0616 e. The highest BCUT2D eigenvalue weighted by atomic mass is 79.9. The molecule has 15 heavy (non-hydrogen) atoms. The Morgan fingerprint density at radius 3 is 2.13 bits per heavy atom. The second-order valence-corrected chi connectivity index (χ2v) is 4.45. The summed E-state index contributed by atoms with van der Waals surface area (Å²) in [5.74, 6) is 0. The average Bonchev–Trinajstić information content (AvgIpc) is 2.32. The third kappa shape index (κ3) is 1.53. The van der Waals surface area contributed by atoms with Crippen molar-refractivity contribution in [2.45, 2.75) is 0 Å². The molecule has 0 nitrogen and oxygen atoms in total. The molecule has 0 radical (unpaired) electrons. The molecule has 3 aromatic rings. The van der Waals surface area contributed by atoms with Crippen LogP contribution in [0.2, 0.25) is 0 Å². The molecule has 0 heterocycles. The minimum Gasteiger partial charge on any atom is -0.0616 e. The van der Waals surface area contributed by atoms with Crippen LogP contribution in [0.4, 0.5) is 0 Å². The van der Waals surface area contributed by atoms with E-state index in [0.717, 1.165) is 15.2 Å². The van der Waals surface area contributed by atoms with Crippen LogP contribution in [0.25, 0.3) is 21.5 Å². The van der Waals surface area contributed by atoms with Crippen molar-refractivity contribution in [3.8, 4) is 0 Å². The largest absolute Gasteiger partial charge is 0.0641 e. The van der Waals surface area contributed by atoms with Gasteiger partial charge in [-0.05, 0) is 45.8 Å². The van der Waals surface area contributed by atoms with Crippen molar-refractivity contribution in [3.63, 3.8) is 0 Å². The van der Waals surface area contributed by atoms with Crippen LogP contribution in [0, 0.1) is 0 Å². The van der Waals surface area contributed by atoms with Gasteiger partial charge in [-0.2, -0.15) is 0 Å². The number of rotatable bonds is 0. The highest BCUT2D eigenvalue weighted by Gasteiger charge is 1.97. The Kier molecular flexibility index (Phi) is 1.76. The topological polar surface area (TPSA) is 0 Å². The Morgan fingerprint density at radius 1 is 0.800 bits per heavy atom. The zero-order valence-corrected chi connectivity index (χ0v) is 9.58. The molecule has 0 N–H and O–H groups in total. The lowest BCUT2D eigenvalue weighted by Crippen LogP contribution is -1.75. The van der Waals surface area contributed by atoms with Crippen LogP contribution in [-0.2, 0) is 0 Å². The van der Waals surface area contributed by atoms with Crippen molar-refractivity contribution >= 4 is 37.5 Å². The lowest BCUT2D eigenvalue weighted by molar-refractivity contribution is 1.72. The van der Waals surface area contributed by atoms with Gasteiger partial charge < -0.3 is 0 Å². The lowest BCUT2D eigenvalue weighted by Gasteiger charge is -2.02. The van der Waals surface area contributed by atoms with Gasteiger partial charge in [-0.15, -0.1) is 0 Å². The van der Waals surface area contributed by atoms with Gasteiger partial charge in [-0.25, -0.2) is 0 Å². The summed E-state index contributed by atoms with van der Waals surface area (Å²) >= 11 is 3.39. The molecule has 0 saturated carbocycles. The van der Waals surface area contributed by atoms with E-state index in [1.54, 1.807) is 0 Å². The summed E-state index contributed by atoms with van der Waals surface area (Å²) in [6.07, 6.45) is 0. The summed E-state index contributed by atoms with van der Waals surface area (Å²) in [6, 6.07) is 17.0. The van der Waals surface area contributed by atoms with Gasteiger partial charge in [0, 0.05) is 4.47 Å². The molecule has 0 bridgehead atoms. The van der Waals surface area contributed by atoms with Crippen LogP contribution in [-0.4, -0.2) is 0 Å². The number of halogens is 1. The van der Waals surface area contributed by atoms with Gasteiger partial charge in [0.2, 0.25) is 0 Å². The normalized spacial score (nSPS) is 11.9. The van der Waals surface area contributed by atoms with E-state index in [-0.39, 0.29) is 0 Å². The minimum absolute atomic E-state index is 0.559. The van der Waals surface area contributed by atoms with Crippen molar-refractivity contribution in [1.29, 1.82) is 0 Å². The molecule has 0 aromatic heterocycles. The fourth-order valence-electron chi connectivity index (χ4n) is 1.84. The van der Waals surface area contributed by atoms with Gasteiger partial charge in [0.1, 0.15) is 0 Å². The minimum atomic E-state index is 0.559. The predicted octanol–water partition coefficient (Wildman–Crippen LogP) is 4.76. The highest BCUT2D eigenvalue weighted by Crippen LogP contribution is 2.25. The van der Waals surface area contributed by atoms with E-state index >= 15 is 0 Å². The quantitative estimate of drug-likeness (QED) is 0.510. The maximum atomic E-state index is 8.02. The van der Waals surface area contributed by atoms with Crippen LogP contribution in [0.15, 0.2) is 59.0 Å². The van der Waals surface area contributed by atoms with Gasteiger partial charge >= 0.3 is 0 Å². The number of hydrogen-bond donors (Lipinski definition) is 0. The molecule has 72 valence electrons. The van der Waals surface area contributed by atoms with E-state index in [1.807, 2.05) is 24.3 Å². The standard InChI is InChI=1S/C14H9Br/c15-14-6-5-12-7-10-3-1-2-4-11(10)8-13(12)9-14/h1-9H/i9D. The Bertz CT molecular complexity index is 689. The van der Waals surface area contributed by atoms with E-state index in [4.69, 9.17) is 1.37 Å². The van der Waals surface area contributed by atoms with Crippen molar-refractivity contribution in [1.82, 2.24) is 0 Å². The number of benzene rings is 3. The summed E-state index contributed by atoms with van der Waals surface area (Å²) < 4.78 is 8.86. The molecule has 0 atom stereocenters. The second kappa shape index (κ2) is 3.35. The number of fused-ring (bicyclic) bond motifs is 2. The van der Waals surface area contributed by atoms with Crippen molar-refractivity contribution < 1.29 is 1.37 Å². The monoisotopic (exact) mass is 257 g/mol. The third-order valence-electron chi connectivity index (χ3n) is 2.58. The summed E-state index contributed by atoms with van der Waals surface area (Å²) in [4.78, 5) is 0. The maximum absolute atomic E-state index is 8.02. The molecule has 0 aliphatic heterocycles. The first-order valence-electron chi connectivity index (χ1n) is 5.33. The van der Waals surface area contributed by atoms with Crippen molar-refractivity contribution in [2.24, 2.45) is 0 Å². The fraction of sp³-hybridized carbons (Fsp3) is 0. The Labute approximate surface area is 98.1 Å². The maximum Gasteiger partial charge on any atom is 0.0641 e. The van der Waals surface area contributed by atoms with Crippen LogP contribution < -0.4 is 0 Å². The molecular weight excluding hydrogens is 248 g/mol. The van der Waals surface area contributed by atoms with E-state index in [1.165, 1.54) is 10.8 Å². The molecule has 0 unspecified atom stereocenters. The van der Waals surface area contributed by atoms with Crippen molar-refractivity contribution in [2.75, 3.05) is 0 Å². The molecule has 0 spiro atoms. The summed E-state index contributed by atoms with van der Waals surface area (Å²) in [7, 11) is 0. The molecule has 0 amide bonds. The third-order valence-corrected chi connectivity index (χ3v) is 3.04. The number of hydrogen-bond acceptors (Lipinski definition) is 0. The Morgan fingerprint density at radius 2 is 1.40 bits per heavy atom. The SMILES string of the molecule is [2H]c1c(Br)ccc2cc3ccccc3cc12. The van der Waals surface area contributed by atoms with Gasteiger partial charge in [0.25, 0.3) is 0 Å². The molecule has 3 aromatic carbocycles. The summed E-state index contributed by atoms with van der Waals surface area (Å²) in [5.41, 5.74) is 0. The molecule has 0 fully saturated rings. The lowest BCUT2D eigenvalue weighted by atomic mass is 10.0. The van der Waals surface area contributed by atoms with E-state index in [2.05, 4.69) is 40.2 Å². The second-order valence-electron chi connectivity index (χ2n) is 3.59. The Hall–Kier alpha value is -1.34.